The lowest BCUT2D eigenvalue weighted by molar-refractivity contribution is -0.146. The third-order valence-electron chi connectivity index (χ3n) is 6.54. The van der Waals surface area contributed by atoms with E-state index in [9.17, 15) is 19.2 Å². The number of rotatable bonds is 13. The number of amides is 2. The van der Waals surface area contributed by atoms with Crippen molar-refractivity contribution in [3.05, 3.63) is 0 Å². The highest BCUT2D eigenvalue weighted by Gasteiger charge is 2.48. The van der Waals surface area contributed by atoms with Crippen LogP contribution in [0.1, 0.15) is 46.0 Å². The summed E-state index contributed by atoms with van der Waals surface area (Å²) < 4.78 is 10.4. The molecule has 2 fully saturated rings. The Bertz CT molecular complexity index is 766. The minimum absolute atomic E-state index is 0.0134. The Balaban J connectivity index is 1.71. The predicted octanol–water partition coefficient (Wildman–Crippen LogP) is 1.34. The number of aliphatic carboxylic acids is 1. The molecule has 2 amide bonds. The summed E-state index contributed by atoms with van der Waals surface area (Å²) in [5, 5.41) is 11.7. The van der Waals surface area contributed by atoms with Crippen molar-refractivity contribution in [2.45, 2.75) is 52.0 Å². The van der Waals surface area contributed by atoms with Gasteiger partial charge in [0.2, 0.25) is 5.91 Å². The molecule has 0 aromatic rings. The van der Waals surface area contributed by atoms with Crippen LogP contribution in [0.3, 0.4) is 0 Å². The minimum Gasteiger partial charge on any atom is -0.480 e. The molecule has 1 saturated carbocycles. The van der Waals surface area contributed by atoms with Crippen molar-refractivity contribution < 1.29 is 33.8 Å². The van der Waals surface area contributed by atoms with Gasteiger partial charge in [-0.25, -0.2) is 4.79 Å². The SMILES string of the molecule is C#CCC[C@@H]1[C@H](CCC)[C@@H]1COC(=O)NCCC(=O)N1CCN(CC(=O)O)C(COC(C)=O)C1. The Hall–Kier alpha value is -2.80. The minimum atomic E-state index is -0.982. The van der Waals surface area contributed by atoms with Crippen molar-refractivity contribution in [3.63, 3.8) is 0 Å². The standard InChI is InChI=1S/C24H37N3O7/c1-4-6-8-20-19(7-5-2)21(20)16-34-24(32)25-10-9-22(29)27-12-11-26(14-23(30)31)18(13-27)15-33-17(3)28/h1,18-21H,5-16H2,2-3H3,(H,25,32)(H,30,31)/t18?,19-,20+,21-/m0/s1. The van der Waals surface area contributed by atoms with Crippen LogP contribution in [0.15, 0.2) is 0 Å². The van der Waals surface area contributed by atoms with Gasteiger partial charge in [-0.05, 0) is 24.2 Å². The smallest absolute Gasteiger partial charge is 0.407 e. The van der Waals surface area contributed by atoms with Crippen LogP contribution in [-0.4, -0.2) is 90.8 Å². The van der Waals surface area contributed by atoms with Crippen LogP contribution >= 0.6 is 0 Å². The maximum Gasteiger partial charge on any atom is 0.407 e. The van der Waals surface area contributed by atoms with Crippen LogP contribution in [-0.2, 0) is 23.9 Å². The second-order valence-corrected chi connectivity index (χ2v) is 8.96. The predicted molar refractivity (Wildman–Crippen MR) is 124 cm³/mol. The zero-order chi connectivity index (χ0) is 25.1. The number of carbonyl (C=O) groups excluding carboxylic acids is 3. The number of hydrogen-bond acceptors (Lipinski definition) is 7. The van der Waals surface area contributed by atoms with E-state index in [1.54, 1.807) is 9.80 Å². The average Bonchev–Trinajstić information content (AvgIpc) is 3.45. The third-order valence-corrected chi connectivity index (χ3v) is 6.54. The zero-order valence-electron chi connectivity index (χ0n) is 20.2. The summed E-state index contributed by atoms with van der Waals surface area (Å²) in [7, 11) is 0. The van der Waals surface area contributed by atoms with Crippen LogP contribution in [0.4, 0.5) is 4.79 Å². The van der Waals surface area contributed by atoms with Crippen molar-refractivity contribution in [3.8, 4) is 12.3 Å². The second kappa shape index (κ2) is 13.8. The van der Waals surface area contributed by atoms with E-state index in [1.807, 2.05) is 0 Å². The van der Waals surface area contributed by atoms with Crippen molar-refractivity contribution in [1.29, 1.82) is 0 Å². The largest absolute Gasteiger partial charge is 0.480 e. The van der Waals surface area contributed by atoms with Gasteiger partial charge in [0.15, 0.2) is 0 Å². The van der Waals surface area contributed by atoms with Gasteiger partial charge in [-0.15, -0.1) is 12.3 Å². The summed E-state index contributed by atoms with van der Waals surface area (Å²) in [6.07, 6.45) is 8.82. The van der Waals surface area contributed by atoms with E-state index in [0.717, 1.165) is 25.7 Å². The number of nitrogens with zero attached hydrogens (tertiary/aromatic N) is 2. The van der Waals surface area contributed by atoms with E-state index in [0.29, 0.717) is 37.5 Å². The number of carboxylic acids is 1. The lowest BCUT2D eigenvalue weighted by atomic mass is 10.1. The van der Waals surface area contributed by atoms with Gasteiger partial charge in [-0.2, -0.15) is 0 Å². The molecule has 4 atom stereocenters. The molecule has 0 radical (unpaired) electrons. The molecule has 0 spiro atoms. The molecule has 1 unspecified atom stereocenters. The van der Waals surface area contributed by atoms with Crippen molar-refractivity contribution in [1.82, 2.24) is 15.1 Å². The fourth-order valence-electron chi connectivity index (χ4n) is 4.74. The fourth-order valence-corrected chi connectivity index (χ4v) is 4.74. The Kier molecular flexibility index (Phi) is 11.1. The fraction of sp³-hybridized carbons (Fsp3) is 0.750. The molecule has 10 nitrogen and oxygen atoms in total. The third kappa shape index (κ3) is 8.86. The van der Waals surface area contributed by atoms with E-state index >= 15 is 0 Å². The van der Waals surface area contributed by atoms with Crippen LogP contribution < -0.4 is 5.32 Å². The number of alkyl carbamates (subject to hydrolysis) is 1. The molecule has 1 aliphatic heterocycles. The Morgan fingerprint density at radius 1 is 1.09 bits per heavy atom. The molecule has 1 aliphatic carbocycles. The van der Waals surface area contributed by atoms with Gasteiger partial charge in [0, 0.05) is 45.9 Å². The van der Waals surface area contributed by atoms with E-state index in [-0.39, 0.29) is 38.6 Å². The van der Waals surface area contributed by atoms with E-state index in [4.69, 9.17) is 21.0 Å². The number of carboxylic acid groups (broad SMARTS) is 1. The van der Waals surface area contributed by atoms with Gasteiger partial charge in [0.05, 0.1) is 19.2 Å². The normalized spacial score (nSPS) is 24.1. The molecular formula is C24H37N3O7. The van der Waals surface area contributed by atoms with Crippen LogP contribution in [0, 0.1) is 30.1 Å². The summed E-state index contributed by atoms with van der Waals surface area (Å²) in [6, 6.07) is -0.396. The van der Waals surface area contributed by atoms with Gasteiger partial charge in [0.25, 0.3) is 0 Å². The molecule has 1 saturated heterocycles. The molecule has 1 heterocycles. The molecule has 34 heavy (non-hydrogen) atoms. The first-order valence-electron chi connectivity index (χ1n) is 12.0. The van der Waals surface area contributed by atoms with Crippen LogP contribution in [0.5, 0.6) is 0 Å². The highest BCUT2D eigenvalue weighted by molar-refractivity contribution is 5.77. The number of hydrogen-bond donors (Lipinski definition) is 2. The second-order valence-electron chi connectivity index (χ2n) is 8.96. The van der Waals surface area contributed by atoms with Crippen LogP contribution in [0.25, 0.3) is 0 Å². The Morgan fingerprint density at radius 2 is 1.82 bits per heavy atom. The lowest BCUT2D eigenvalue weighted by Gasteiger charge is -2.40. The first kappa shape index (κ1) is 27.4. The Morgan fingerprint density at radius 3 is 2.47 bits per heavy atom. The van der Waals surface area contributed by atoms with Gasteiger partial charge >= 0.3 is 18.0 Å². The van der Waals surface area contributed by atoms with Gasteiger partial charge in [-0.3, -0.25) is 19.3 Å². The van der Waals surface area contributed by atoms with E-state index in [1.165, 1.54) is 6.92 Å². The lowest BCUT2D eigenvalue weighted by Crippen LogP contribution is -2.57. The molecule has 2 rings (SSSR count). The topological polar surface area (TPSA) is 125 Å². The van der Waals surface area contributed by atoms with Gasteiger partial charge in [0.1, 0.15) is 6.61 Å². The average molecular weight is 480 g/mol. The maximum atomic E-state index is 12.6. The first-order valence-corrected chi connectivity index (χ1v) is 12.0. The number of piperazine rings is 1. The molecule has 2 N–H and O–H groups in total. The Labute approximate surface area is 201 Å². The number of nitrogens with one attached hydrogen (secondary N) is 1. The summed E-state index contributed by atoms with van der Waals surface area (Å²) in [5.41, 5.74) is 0. The van der Waals surface area contributed by atoms with E-state index in [2.05, 4.69) is 18.2 Å². The van der Waals surface area contributed by atoms with E-state index < -0.39 is 24.1 Å². The van der Waals surface area contributed by atoms with Crippen LogP contribution in [0.2, 0.25) is 0 Å². The molecule has 0 bridgehead atoms. The van der Waals surface area contributed by atoms with Crippen molar-refractivity contribution >= 4 is 23.9 Å². The quantitative estimate of drug-likeness (QED) is 0.299. The molecule has 0 aromatic carbocycles. The number of esters is 1. The molecular weight excluding hydrogens is 442 g/mol. The monoisotopic (exact) mass is 479 g/mol. The number of terminal acetylenes is 1. The highest BCUT2D eigenvalue weighted by atomic mass is 16.5. The van der Waals surface area contributed by atoms with Gasteiger partial charge < -0.3 is 24.8 Å². The molecule has 190 valence electrons. The summed E-state index contributed by atoms with van der Waals surface area (Å²) in [5.74, 6) is 2.50. The number of carbonyl (C=O) groups is 4. The highest BCUT2D eigenvalue weighted by Crippen LogP contribution is 2.51. The van der Waals surface area contributed by atoms with Crippen molar-refractivity contribution in [2.24, 2.45) is 17.8 Å². The molecule has 10 heteroatoms. The summed E-state index contributed by atoms with van der Waals surface area (Å²) in [6.45, 7) is 4.74. The van der Waals surface area contributed by atoms with Gasteiger partial charge in [-0.1, -0.05) is 19.8 Å². The number of ether oxygens (including phenoxy) is 2. The summed E-state index contributed by atoms with van der Waals surface area (Å²) in [4.78, 5) is 50.2. The maximum absolute atomic E-state index is 12.6. The summed E-state index contributed by atoms with van der Waals surface area (Å²) >= 11 is 0. The zero-order valence-corrected chi connectivity index (χ0v) is 20.2. The first-order chi connectivity index (χ1) is 16.3. The molecule has 2 aliphatic rings. The van der Waals surface area contributed by atoms with Crippen molar-refractivity contribution in [2.75, 3.05) is 45.9 Å². The molecule has 0 aromatic heterocycles.